The zero-order chi connectivity index (χ0) is 18.1. The second kappa shape index (κ2) is 6.66. The number of ether oxygens (including phenoxy) is 2. The molecule has 1 aliphatic rings. The molecular weight excluding hydrogens is 366 g/mol. The second-order valence-corrected chi connectivity index (χ2v) is 9.49. The van der Waals surface area contributed by atoms with Crippen LogP contribution >= 0.6 is 0 Å². The van der Waals surface area contributed by atoms with Gasteiger partial charge in [0.1, 0.15) is 11.5 Å². The van der Waals surface area contributed by atoms with Crippen LogP contribution < -0.4 is 9.46 Å². The third-order valence-electron chi connectivity index (χ3n) is 3.38. The van der Waals surface area contributed by atoms with Gasteiger partial charge >= 0.3 is 0 Å². The Morgan fingerprint density at radius 1 is 1.00 bits per heavy atom. The molecule has 134 valence electrons. The van der Waals surface area contributed by atoms with E-state index in [4.69, 9.17) is 9.47 Å². The van der Waals surface area contributed by atoms with E-state index >= 15 is 0 Å². The Balaban J connectivity index is 1.67. The lowest BCUT2D eigenvalue weighted by molar-refractivity contribution is 0.422. The molecule has 7 nitrogen and oxygen atoms in total. The molecular formula is C16H17NO6S2. The fourth-order valence-electron chi connectivity index (χ4n) is 2.16. The molecule has 0 saturated carbocycles. The topological polar surface area (TPSA) is 102 Å². The Labute approximate surface area is 146 Å². The molecule has 0 radical (unpaired) electrons. The lowest BCUT2D eigenvalue weighted by Gasteiger charge is -2.08. The van der Waals surface area contributed by atoms with Crippen LogP contribution in [0.15, 0.2) is 53.4 Å². The Kier molecular flexibility index (Phi) is 4.72. The van der Waals surface area contributed by atoms with Crippen molar-refractivity contribution in [1.82, 2.24) is 0 Å². The number of sulfone groups is 1. The Morgan fingerprint density at radius 3 is 2.00 bits per heavy atom. The first kappa shape index (κ1) is 17.7. The van der Waals surface area contributed by atoms with Crippen LogP contribution in [0.2, 0.25) is 0 Å². The zero-order valence-electron chi connectivity index (χ0n) is 13.4. The van der Waals surface area contributed by atoms with Crippen molar-refractivity contribution in [2.75, 3.05) is 23.3 Å². The highest BCUT2D eigenvalue weighted by Gasteiger charge is 2.30. The van der Waals surface area contributed by atoms with E-state index in [1.807, 2.05) is 0 Å². The average molecular weight is 383 g/mol. The third-order valence-corrected chi connectivity index (χ3v) is 5.79. The SMILES string of the molecule is CS(=O)(=O)Nc1ccc(Oc2ccc(S(=O)(=O)C[C@@H]3CO3)cc2)cc1. The van der Waals surface area contributed by atoms with Crippen LogP contribution in [-0.2, 0) is 24.6 Å². The summed E-state index contributed by atoms with van der Waals surface area (Å²) in [5.41, 5.74) is 0.429. The van der Waals surface area contributed by atoms with Crippen LogP contribution in [0.1, 0.15) is 0 Å². The Hall–Kier alpha value is -2.10. The molecule has 9 heteroatoms. The minimum atomic E-state index is -3.36. The van der Waals surface area contributed by atoms with E-state index in [2.05, 4.69) is 4.72 Å². The van der Waals surface area contributed by atoms with Gasteiger partial charge in [0.25, 0.3) is 0 Å². The van der Waals surface area contributed by atoms with Gasteiger partial charge in [-0.3, -0.25) is 4.72 Å². The van der Waals surface area contributed by atoms with Crippen LogP contribution in [-0.4, -0.2) is 41.6 Å². The number of epoxide rings is 1. The predicted octanol–water partition coefficient (Wildman–Crippen LogP) is 2.02. The van der Waals surface area contributed by atoms with Crippen LogP contribution in [0.3, 0.4) is 0 Å². The molecule has 1 saturated heterocycles. The van der Waals surface area contributed by atoms with Crippen LogP contribution in [0.25, 0.3) is 0 Å². The molecule has 0 spiro atoms. The van der Waals surface area contributed by atoms with Crippen LogP contribution in [0.5, 0.6) is 11.5 Å². The molecule has 2 aromatic carbocycles. The van der Waals surface area contributed by atoms with Crippen molar-refractivity contribution < 1.29 is 26.3 Å². The molecule has 0 unspecified atom stereocenters. The number of rotatable bonds is 7. The molecule has 1 aliphatic heterocycles. The van der Waals surface area contributed by atoms with Crippen molar-refractivity contribution in [2.45, 2.75) is 11.0 Å². The van der Waals surface area contributed by atoms with E-state index in [0.29, 0.717) is 23.8 Å². The summed E-state index contributed by atoms with van der Waals surface area (Å²) in [4.78, 5) is 0.225. The molecule has 2 aromatic rings. The van der Waals surface area contributed by atoms with Crippen molar-refractivity contribution in [3.8, 4) is 11.5 Å². The molecule has 1 heterocycles. The fraction of sp³-hybridized carbons (Fsp3) is 0.250. The van der Waals surface area contributed by atoms with E-state index in [-0.39, 0.29) is 16.8 Å². The smallest absolute Gasteiger partial charge is 0.229 e. The van der Waals surface area contributed by atoms with Crippen LogP contribution in [0.4, 0.5) is 5.69 Å². The number of sulfonamides is 1. The quantitative estimate of drug-likeness (QED) is 0.734. The van der Waals surface area contributed by atoms with Gasteiger partial charge in [-0.05, 0) is 48.5 Å². The molecule has 25 heavy (non-hydrogen) atoms. The number of hydrogen-bond acceptors (Lipinski definition) is 6. The molecule has 0 bridgehead atoms. The van der Waals surface area contributed by atoms with E-state index in [9.17, 15) is 16.8 Å². The van der Waals surface area contributed by atoms with Gasteiger partial charge in [-0.1, -0.05) is 0 Å². The largest absolute Gasteiger partial charge is 0.457 e. The van der Waals surface area contributed by atoms with Gasteiger partial charge in [0.05, 0.1) is 29.6 Å². The molecule has 3 rings (SSSR count). The fourth-order valence-corrected chi connectivity index (χ4v) is 4.15. The molecule has 1 atom stereocenters. The van der Waals surface area contributed by atoms with Crippen molar-refractivity contribution in [3.05, 3.63) is 48.5 Å². The number of nitrogens with one attached hydrogen (secondary N) is 1. The van der Waals surface area contributed by atoms with Gasteiger partial charge < -0.3 is 9.47 Å². The minimum Gasteiger partial charge on any atom is -0.457 e. The summed E-state index contributed by atoms with van der Waals surface area (Å²) in [7, 11) is -6.68. The lowest BCUT2D eigenvalue weighted by atomic mass is 10.3. The molecule has 1 fully saturated rings. The highest BCUT2D eigenvalue weighted by molar-refractivity contribution is 7.92. The van der Waals surface area contributed by atoms with E-state index in [1.165, 1.54) is 12.1 Å². The highest BCUT2D eigenvalue weighted by Crippen LogP contribution is 2.26. The first-order chi connectivity index (χ1) is 11.7. The maximum atomic E-state index is 12.1. The third kappa shape index (κ3) is 5.18. The summed E-state index contributed by atoms with van der Waals surface area (Å²) < 4.78 is 59.5. The van der Waals surface area contributed by atoms with Gasteiger partial charge in [0, 0.05) is 5.69 Å². The van der Waals surface area contributed by atoms with Gasteiger partial charge in [-0.2, -0.15) is 0 Å². The first-order valence-electron chi connectivity index (χ1n) is 7.41. The van der Waals surface area contributed by atoms with Gasteiger partial charge in [0.15, 0.2) is 9.84 Å². The molecule has 0 amide bonds. The molecule has 0 aromatic heterocycles. The van der Waals surface area contributed by atoms with Gasteiger partial charge in [0.2, 0.25) is 10.0 Å². The summed E-state index contributed by atoms with van der Waals surface area (Å²) in [6.07, 6.45) is 0.877. The summed E-state index contributed by atoms with van der Waals surface area (Å²) in [6, 6.07) is 12.5. The number of anilines is 1. The maximum absolute atomic E-state index is 12.1. The monoisotopic (exact) mass is 383 g/mol. The maximum Gasteiger partial charge on any atom is 0.229 e. The van der Waals surface area contributed by atoms with E-state index < -0.39 is 19.9 Å². The van der Waals surface area contributed by atoms with Crippen molar-refractivity contribution in [2.24, 2.45) is 0 Å². The Bertz CT molecular complexity index is 947. The lowest BCUT2D eigenvalue weighted by Crippen LogP contribution is -2.11. The van der Waals surface area contributed by atoms with Crippen molar-refractivity contribution in [1.29, 1.82) is 0 Å². The van der Waals surface area contributed by atoms with Gasteiger partial charge in [-0.15, -0.1) is 0 Å². The average Bonchev–Trinajstić information content (AvgIpc) is 3.32. The summed E-state index contributed by atoms with van der Waals surface area (Å²) in [5, 5.41) is 0. The summed E-state index contributed by atoms with van der Waals surface area (Å²) in [5.74, 6) is 0.966. The Morgan fingerprint density at radius 2 is 1.52 bits per heavy atom. The van der Waals surface area contributed by atoms with Crippen LogP contribution in [0, 0.1) is 0 Å². The minimum absolute atomic E-state index is 0.0119. The molecule has 0 aliphatic carbocycles. The summed E-state index contributed by atoms with van der Waals surface area (Å²) >= 11 is 0. The standard InChI is InChI=1S/C16H17NO6S2/c1-24(18,19)17-12-2-4-13(5-3-12)23-14-6-8-16(9-7-14)25(20,21)11-15-10-22-15/h2-9,15,17H,10-11H2,1H3/t15-/m0/s1. The van der Waals surface area contributed by atoms with Crippen molar-refractivity contribution >= 4 is 25.5 Å². The first-order valence-corrected chi connectivity index (χ1v) is 11.0. The van der Waals surface area contributed by atoms with E-state index in [1.54, 1.807) is 36.4 Å². The van der Waals surface area contributed by atoms with Gasteiger partial charge in [-0.25, -0.2) is 16.8 Å². The second-order valence-electron chi connectivity index (χ2n) is 5.71. The molecule has 1 N–H and O–H groups in total. The van der Waals surface area contributed by atoms with Crippen molar-refractivity contribution in [3.63, 3.8) is 0 Å². The number of benzene rings is 2. The number of hydrogen-bond donors (Lipinski definition) is 1. The zero-order valence-corrected chi connectivity index (χ0v) is 15.0. The predicted molar refractivity (Wildman–Crippen MR) is 93.2 cm³/mol. The highest BCUT2D eigenvalue weighted by atomic mass is 32.2. The normalized spacial score (nSPS) is 17.1. The summed E-state index contributed by atoms with van der Waals surface area (Å²) in [6.45, 7) is 0.491. The van der Waals surface area contributed by atoms with E-state index in [0.717, 1.165) is 6.26 Å².